The number of nitrogens with one attached hydrogen (secondary N) is 1. The standard InChI is InChI=1S/C20H23BrClNO3/c1-4-25-16-9-7-15(8-10-16)23-18(24)6-5-11-26-17-12-13(2)20(22)14(3)19(17)21/h7-10,12H,4-6,11H2,1-3H3,(H,23,24). The zero-order chi connectivity index (χ0) is 19.1. The molecule has 0 heterocycles. The predicted molar refractivity (Wildman–Crippen MR) is 110 cm³/mol. The first-order valence-corrected chi connectivity index (χ1v) is 9.70. The molecule has 2 aromatic rings. The Balaban J connectivity index is 1.78. The van der Waals surface area contributed by atoms with Gasteiger partial charge in [-0.2, -0.15) is 0 Å². The number of carbonyl (C=O) groups is 1. The van der Waals surface area contributed by atoms with Crippen molar-refractivity contribution < 1.29 is 14.3 Å². The number of amides is 1. The summed E-state index contributed by atoms with van der Waals surface area (Å²) in [6.07, 6.45) is 1.01. The van der Waals surface area contributed by atoms with E-state index < -0.39 is 0 Å². The summed E-state index contributed by atoms with van der Waals surface area (Å²) in [5, 5.41) is 3.61. The van der Waals surface area contributed by atoms with Crippen molar-refractivity contribution in [1.29, 1.82) is 0 Å². The van der Waals surface area contributed by atoms with Crippen LogP contribution < -0.4 is 14.8 Å². The zero-order valence-corrected chi connectivity index (χ0v) is 17.5. The highest BCUT2D eigenvalue weighted by atomic mass is 79.9. The van der Waals surface area contributed by atoms with Crippen LogP contribution >= 0.6 is 27.5 Å². The van der Waals surface area contributed by atoms with Crippen LogP contribution in [0.1, 0.15) is 30.9 Å². The maximum atomic E-state index is 12.0. The molecule has 4 nitrogen and oxygen atoms in total. The number of aryl methyl sites for hydroxylation is 1. The molecule has 0 saturated carbocycles. The third-order valence-corrected chi connectivity index (χ3v) is 5.39. The second-order valence-electron chi connectivity index (χ2n) is 5.90. The van der Waals surface area contributed by atoms with E-state index in [9.17, 15) is 4.79 Å². The summed E-state index contributed by atoms with van der Waals surface area (Å²) < 4.78 is 12.0. The molecule has 0 saturated heterocycles. The van der Waals surface area contributed by atoms with Crippen molar-refractivity contribution in [2.24, 2.45) is 0 Å². The van der Waals surface area contributed by atoms with Crippen molar-refractivity contribution in [3.63, 3.8) is 0 Å². The van der Waals surface area contributed by atoms with E-state index in [1.807, 2.05) is 51.1 Å². The second kappa shape index (κ2) is 9.83. The molecule has 0 radical (unpaired) electrons. The van der Waals surface area contributed by atoms with E-state index in [1.165, 1.54) is 0 Å². The number of hydrogen-bond donors (Lipinski definition) is 1. The average molecular weight is 441 g/mol. The van der Waals surface area contributed by atoms with Gasteiger partial charge in [-0.3, -0.25) is 4.79 Å². The van der Waals surface area contributed by atoms with Gasteiger partial charge in [0.05, 0.1) is 17.7 Å². The molecule has 0 unspecified atom stereocenters. The van der Waals surface area contributed by atoms with Crippen molar-refractivity contribution in [1.82, 2.24) is 0 Å². The van der Waals surface area contributed by atoms with Gasteiger partial charge in [0.2, 0.25) is 5.91 Å². The third kappa shape index (κ3) is 5.64. The molecule has 0 aromatic heterocycles. The van der Waals surface area contributed by atoms with Crippen molar-refractivity contribution in [2.75, 3.05) is 18.5 Å². The van der Waals surface area contributed by atoms with Gasteiger partial charge in [0.25, 0.3) is 0 Å². The molecule has 0 spiro atoms. The summed E-state index contributed by atoms with van der Waals surface area (Å²) in [6.45, 7) is 6.89. The highest BCUT2D eigenvalue weighted by Crippen LogP contribution is 2.35. The van der Waals surface area contributed by atoms with Crippen LogP contribution in [0, 0.1) is 13.8 Å². The third-order valence-electron chi connectivity index (χ3n) is 3.82. The first-order valence-electron chi connectivity index (χ1n) is 8.53. The first-order chi connectivity index (χ1) is 12.4. The van der Waals surface area contributed by atoms with E-state index in [0.29, 0.717) is 26.1 Å². The normalized spacial score (nSPS) is 10.5. The molecule has 2 aromatic carbocycles. The fourth-order valence-corrected chi connectivity index (χ4v) is 3.14. The summed E-state index contributed by atoms with van der Waals surface area (Å²) >= 11 is 9.72. The van der Waals surface area contributed by atoms with Gasteiger partial charge in [0.1, 0.15) is 11.5 Å². The smallest absolute Gasteiger partial charge is 0.224 e. The van der Waals surface area contributed by atoms with Crippen LogP contribution in [0.4, 0.5) is 5.69 Å². The first kappa shape index (κ1) is 20.6. The maximum Gasteiger partial charge on any atom is 0.224 e. The minimum absolute atomic E-state index is 0.0414. The lowest BCUT2D eigenvalue weighted by atomic mass is 10.1. The molecule has 0 aliphatic rings. The minimum Gasteiger partial charge on any atom is -0.494 e. The predicted octanol–water partition coefficient (Wildman–Crippen LogP) is 5.92. The zero-order valence-electron chi connectivity index (χ0n) is 15.2. The number of rotatable bonds is 8. The maximum absolute atomic E-state index is 12.0. The molecule has 6 heteroatoms. The minimum atomic E-state index is -0.0414. The van der Waals surface area contributed by atoms with Gasteiger partial charge < -0.3 is 14.8 Å². The summed E-state index contributed by atoms with van der Waals surface area (Å²) in [6, 6.07) is 9.24. The Hall–Kier alpha value is -1.72. The fraction of sp³-hybridized carbons (Fsp3) is 0.350. The Morgan fingerprint density at radius 1 is 1.19 bits per heavy atom. The molecule has 0 bridgehead atoms. The van der Waals surface area contributed by atoms with E-state index in [-0.39, 0.29) is 5.91 Å². The number of ether oxygens (including phenoxy) is 2. The Morgan fingerprint density at radius 3 is 2.54 bits per heavy atom. The molecule has 26 heavy (non-hydrogen) atoms. The van der Waals surface area contributed by atoms with E-state index in [2.05, 4.69) is 21.2 Å². The topological polar surface area (TPSA) is 47.6 Å². The molecule has 0 aliphatic carbocycles. The Kier molecular flexibility index (Phi) is 7.79. The molecule has 140 valence electrons. The SMILES string of the molecule is CCOc1ccc(NC(=O)CCCOc2cc(C)c(Cl)c(C)c2Br)cc1. The monoisotopic (exact) mass is 439 g/mol. The van der Waals surface area contributed by atoms with Gasteiger partial charge >= 0.3 is 0 Å². The van der Waals surface area contributed by atoms with Crippen LogP contribution in [0.25, 0.3) is 0 Å². The Morgan fingerprint density at radius 2 is 1.88 bits per heavy atom. The molecular formula is C20H23BrClNO3. The lowest BCUT2D eigenvalue weighted by Crippen LogP contribution is -2.13. The van der Waals surface area contributed by atoms with Gasteiger partial charge in [-0.1, -0.05) is 11.6 Å². The van der Waals surface area contributed by atoms with Crippen LogP contribution in [0.5, 0.6) is 11.5 Å². The number of hydrogen-bond acceptors (Lipinski definition) is 3. The molecule has 0 fully saturated rings. The summed E-state index contributed by atoms with van der Waals surface area (Å²) in [5.41, 5.74) is 2.68. The summed E-state index contributed by atoms with van der Waals surface area (Å²) in [7, 11) is 0. The van der Waals surface area contributed by atoms with Crippen LogP contribution in [0.15, 0.2) is 34.8 Å². The lowest BCUT2D eigenvalue weighted by molar-refractivity contribution is -0.116. The molecule has 1 N–H and O–H groups in total. The summed E-state index contributed by atoms with van der Waals surface area (Å²) in [4.78, 5) is 12.0. The van der Waals surface area contributed by atoms with Crippen LogP contribution in [-0.2, 0) is 4.79 Å². The van der Waals surface area contributed by atoms with Crippen molar-refractivity contribution in [3.05, 3.63) is 51.0 Å². The van der Waals surface area contributed by atoms with Crippen LogP contribution in [0.3, 0.4) is 0 Å². The van der Waals surface area contributed by atoms with Gasteiger partial charge in [-0.15, -0.1) is 0 Å². The lowest BCUT2D eigenvalue weighted by Gasteiger charge is -2.13. The van der Waals surface area contributed by atoms with Gasteiger partial charge in [-0.05, 0) is 84.6 Å². The van der Waals surface area contributed by atoms with Crippen LogP contribution in [-0.4, -0.2) is 19.1 Å². The molecule has 1 amide bonds. The number of halogens is 2. The fourth-order valence-electron chi connectivity index (χ4n) is 2.44. The summed E-state index contributed by atoms with van der Waals surface area (Å²) in [5.74, 6) is 1.50. The van der Waals surface area contributed by atoms with E-state index >= 15 is 0 Å². The second-order valence-corrected chi connectivity index (χ2v) is 7.07. The van der Waals surface area contributed by atoms with Crippen LogP contribution in [0.2, 0.25) is 5.02 Å². The average Bonchev–Trinajstić information content (AvgIpc) is 2.63. The quantitative estimate of drug-likeness (QED) is 0.519. The van der Waals surface area contributed by atoms with Gasteiger partial charge in [0, 0.05) is 17.1 Å². The van der Waals surface area contributed by atoms with E-state index in [4.69, 9.17) is 21.1 Å². The molecule has 2 rings (SSSR count). The molecule has 0 aliphatic heterocycles. The largest absolute Gasteiger partial charge is 0.494 e. The number of carbonyl (C=O) groups excluding carboxylic acids is 1. The van der Waals surface area contributed by atoms with Crippen molar-refractivity contribution in [2.45, 2.75) is 33.6 Å². The van der Waals surface area contributed by atoms with Crippen molar-refractivity contribution in [3.8, 4) is 11.5 Å². The Labute approximate surface area is 168 Å². The van der Waals surface area contributed by atoms with Gasteiger partial charge in [-0.25, -0.2) is 0 Å². The highest BCUT2D eigenvalue weighted by Gasteiger charge is 2.11. The number of benzene rings is 2. The van der Waals surface area contributed by atoms with Crippen molar-refractivity contribution >= 4 is 39.1 Å². The van der Waals surface area contributed by atoms with E-state index in [1.54, 1.807) is 0 Å². The van der Waals surface area contributed by atoms with E-state index in [0.717, 1.165) is 37.8 Å². The molecular weight excluding hydrogens is 418 g/mol. The molecule has 0 atom stereocenters. The van der Waals surface area contributed by atoms with Gasteiger partial charge in [0.15, 0.2) is 0 Å². The highest BCUT2D eigenvalue weighted by molar-refractivity contribution is 9.10. The Bertz CT molecular complexity index is 763. The number of anilines is 1.